The van der Waals surface area contributed by atoms with Crippen LogP contribution in [0.2, 0.25) is 5.02 Å². The second-order valence-electron chi connectivity index (χ2n) is 4.03. The van der Waals surface area contributed by atoms with Crippen LogP contribution in [-0.4, -0.2) is 13.4 Å². The fourth-order valence-corrected chi connectivity index (χ4v) is 3.07. The van der Waals surface area contributed by atoms with Crippen molar-refractivity contribution in [1.29, 1.82) is 0 Å². The predicted molar refractivity (Wildman–Crippen MR) is 87.0 cm³/mol. The topological polar surface area (TPSA) is 9.23 Å². The van der Waals surface area contributed by atoms with Crippen molar-refractivity contribution in [2.24, 2.45) is 0 Å². The van der Waals surface area contributed by atoms with Crippen LogP contribution in [0.1, 0.15) is 16.0 Å². The van der Waals surface area contributed by atoms with Gasteiger partial charge in [0.25, 0.3) is 0 Å². The summed E-state index contributed by atoms with van der Waals surface area (Å²) in [4.78, 5) is 1.39. The maximum atomic E-state index is 6.16. The lowest BCUT2D eigenvalue weighted by Gasteiger charge is -2.13. The van der Waals surface area contributed by atoms with Crippen molar-refractivity contribution in [3.63, 3.8) is 0 Å². The molecule has 4 heteroatoms. The van der Waals surface area contributed by atoms with E-state index in [1.807, 2.05) is 18.2 Å². The zero-order valence-electron chi connectivity index (χ0n) is 10.7. The molecule has 0 amide bonds. The van der Waals surface area contributed by atoms with Crippen LogP contribution >= 0.6 is 39.3 Å². The molecule has 19 heavy (non-hydrogen) atoms. The van der Waals surface area contributed by atoms with Crippen molar-refractivity contribution < 1.29 is 4.74 Å². The number of rotatable bonds is 4. The first kappa shape index (κ1) is 14.8. The highest BCUT2D eigenvalue weighted by Gasteiger charge is 2.12. The van der Waals surface area contributed by atoms with Gasteiger partial charge in [0.2, 0.25) is 0 Å². The molecule has 0 saturated carbocycles. The summed E-state index contributed by atoms with van der Waals surface area (Å²) in [5.74, 6) is 0.697. The molecule has 0 fully saturated rings. The molecule has 2 aromatic rings. The fourth-order valence-electron chi connectivity index (χ4n) is 1.81. The average molecular weight is 358 g/mol. The van der Waals surface area contributed by atoms with E-state index in [-0.39, 0.29) is 4.83 Å². The van der Waals surface area contributed by atoms with Crippen LogP contribution in [0.4, 0.5) is 0 Å². The number of methoxy groups -OCH3 is 1. The molecule has 0 spiro atoms. The molecule has 2 rings (SSSR count). The van der Waals surface area contributed by atoms with Gasteiger partial charge in [-0.15, -0.1) is 11.8 Å². The monoisotopic (exact) mass is 356 g/mol. The molecule has 2 aromatic carbocycles. The molecule has 1 unspecified atom stereocenters. The van der Waals surface area contributed by atoms with E-state index in [9.17, 15) is 0 Å². The number of ether oxygens (including phenoxy) is 1. The minimum atomic E-state index is 0.131. The van der Waals surface area contributed by atoms with Crippen molar-refractivity contribution in [2.75, 3.05) is 13.4 Å². The summed E-state index contributed by atoms with van der Waals surface area (Å²) >= 11 is 11.6. The van der Waals surface area contributed by atoms with Crippen LogP contribution in [0.25, 0.3) is 0 Å². The quantitative estimate of drug-likeness (QED) is 0.523. The summed E-state index contributed by atoms with van der Waals surface area (Å²) in [5, 5.41) is 0.630. The van der Waals surface area contributed by atoms with Crippen molar-refractivity contribution in [3.8, 4) is 5.75 Å². The lowest BCUT2D eigenvalue weighted by molar-refractivity contribution is 0.415. The van der Waals surface area contributed by atoms with Crippen LogP contribution in [-0.2, 0) is 0 Å². The zero-order valence-corrected chi connectivity index (χ0v) is 13.8. The van der Waals surface area contributed by atoms with E-state index < -0.39 is 0 Å². The van der Waals surface area contributed by atoms with Crippen LogP contribution in [0.5, 0.6) is 5.75 Å². The maximum absolute atomic E-state index is 6.16. The van der Waals surface area contributed by atoms with Gasteiger partial charge in [0, 0.05) is 4.90 Å². The molecule has 0 N–H and O–H groups in total. The summed E-state index contributed by atoms with van der Waals surface area (Å²) in [6.07, 6.45) is 2.07. The largest absolute Gasteiger partial charge is 0.495 e. The van der Waals surface area contributed by atoms with Gasteiger partial charge < -0.3 is 4.74 Å². The normalized spacial score (nSPS) is 12.2. The number of benzene rings is 2. The summed E-state index contributed by atoms with van der Waals surface area (Å²) in [7, 11) is 1.62. The van der Waals surface area contributed by atoms with Crippen molar-refractivity contribution >= 4 is 39.3 Å². The Bertz CT molecular complexity index is 557. The minimum absolute atomic E-state index is 0.131. The third-order valence-corrected chi connectivity index (χ3v) is 4.97. The van der Waals surface area contributed by atoms with Crippen molar-refractivity contribution in [1.82, 2.24) is 0 Å². The first-order valence-corrected chi connectivity index (χ1v) is 8.29. The van der Waals surface area contributed by atoms with Gasteiger partial charge in [0.15, 0.2) is 0 Å². The molecule has 0 saturated heterocycles. The second-order valence-corrected chi connectivity index (χ2v) is 6.23. The second kappa shape index (κ2) is 6.69. The van der Waals surface area contributed by atoms with Gasteiger partial charge >= 0.3 is 0 Å². The molecule has 1 nitrogen and oxygen atoms in total. The summed E-state index contributed by atoms with van der Waals surface area (Å²) in [6, 6.07) is 14.3. The number of thioether (sulfide) groups is 1. The lowest BCUT2D eigenvalue weighted by atomic mass is 10.0. The van der Waals surface area contributed by atoms with E-state index in [1.54, 1.807) is 18.9 Å². The highest BCUT2D eigenvalue weighted by atomic mass is 79.9. The molecule has 0 aromatic heterocycles. The molecular weight excluding hydrogens is 344 g/mol. The van der Waals surface area contributed by atoms with E-state index >= 15 is 0 Å². The van der Waals surface area contributed by atoms with E-state index in [2.05, 4.69) is 46.5 Å². The van der Waals surface area contributed by atoms with Crippen LogP contribution < -0.4 is 4.74 Å². The number of hydrogen-bond acceptors (Lipinski definition) is 2. The van der Waals surface area contributed by atoms with Gasteiger partial charge in [-0.05, 0) is 41.6 Å². The average Bonchev–Trinajstić information content (AvgIpc) is 2.46. The van der Waals surface area contributed by atoms with Gasteiger partial charge in [0.1, 0.15) is 5.75 Å². The molecule has 0 bridgehead atoms. The predicted octanol–water partition coefficient (Wildman–Crippen LogP) is 5.55. The lowest BCUT2D eigenvalue weighted by Crippen LogP contribution is -1.94. The van der Waals surface area contributed by atoms with Gasteiger partial charge in [-0.25, -0.2) is 0 Å². The Kier molecular flexibility index (Phi) is 5.20. The number of hydrogen-bond donors (Lipinski definition) is 0. The molecule has 0 radical (unpaired) electrons. The minimum Gasteiger partial charge on any atom is -0.495 e. The fraction of sp³-hybridized carbons (Fsp3) is 0.200. The highest BCUT2D eigenvalue weighted by molar-refractivity contribution is 9.09. The van der Waals surface area contributed by atoms with Crippen molar-refractivity contribution in [3.05, 3.63) is 58.6 Å². The third kappa shape index (κ3) is 3.47. The van der Waals surface area contributed by atoms with E-state index in [0.717, 1.165) is 5.56 Å². The van der Waals surface area contributed by atoms with Gasteiger partial charge in [-0.3, -0.25) is 0 Å². The Labute approximate surface area is 131 Å². The summed E-state index contributed by atoms with van der Waals surface area (Å²) in [5.41, 5.74) is 2.32. The molecule has 0 aliphatic carbocycles. The van der Waals surface area contributed by atoms with E-state index in [0.29, 0.717) is 10.8 Å². The maximum Gasteiger partial charge on any atom is 0.137 e. The first-order chi connectivity index (χ1) is 9.15. The Hall–Kier alpha value is -0.640. The van der Waals surface area contributed by atoms with Gasteiger partial charge in [-0.1, -0.05) is 45.7 Å². The number of halogens is 2. The number of alkyl halides is 1. The van der Waals surface area contributed by atoms with Crippen molar-refractivity contribution in [2.45, 2.75) is 9.72 Å². The molecular formula is C15H14BrClOS. The smallest absolute Gasteiger partial charge is 0.137 e. The summed E-state index contributed by atoms with van der Waals surface area (Å²) < 4.78 is 5.17. The Morgan fingerprint density at radius 1 is 1.11 bits per heavy atom. The van der Waals surface area contributed by atoms with Crippen LogP contribution in [0.15, 0.2) is 47.4 Å². The summed E-state index contributed by atoms with van der Waals surface area (Å²) in [6.45, 7) is 0. The van der Waals surface area contributed by atoms with Crippen LogP contribution in [0, 0.1) is 0 Å². The van der Waals surface area contributed by atoms with Gasteiger partial charge in [0.05, 0.1) is 17.0 Å². The molecule has 0 aliphatic heterocycles. The van der Waals surface area contributed by atoms with Gasteiger partial charge in [-0.2, -0.15) is 0 Å². The Morgan fingerprint density at radius 2 is 1.74 bits per heavy atom. The molecule has 0 heterocycles. The van der Waals surface area contributed by atoms with E-state index in [1.165, 1.54) is 10.5 Å². The SMILES string of the molecule is COc1ccc(C(Br)c2ccc(SC)cc2)cc1Cl. The Morgan fingerprint density at radius 3 is 2.26 bits per heavy atom. The van der Waals surface area contributed by atoms with Crippen LogP contribution in [0.3, 0.4) is 0 Å². The molecule has 1 atom stereocenters. The standard InChI is InChI=1S/C15H14BrClOS/c1-18-14-8-5-11(9-13(14)17)15(16)10-3-6-12(19-2)7-4-10/h3-9,15H,1-2H3. The Balaban J connectivity index is 2.27. The van der Waals surface area contributed by atoms with E-state index in [4.69, 9.17) is 16.3 Å². The zero-order chi connectivity index (χ0) is 13.8. The third-order valence-electron chi connectivity index (χ3n) is 2.88. The molecule has 100 valence electrons. The first-order valence-electron chi connectivity index (χ1n) is 5.77. The highest BCUT2D eigenvalue weighted by Crippen LogP contribution is 2.35. The molecule has 0 aliphatic rings.